The molecule has 35 heavy (non-hydrogen) atoms. The Morgan fingerprint density at radius 2 is 2.09 bits per heavy atom. The maximum absolute atomic E-state index is 12.8. The number of benzene rings is 1. The van der Waals surface area contributed by atoms with Crippen LogP contribution in [0.1, 0.15) is 12.8 Å². The average Bonchev–Trinajstić information content (AvgIpc) is 3.37. The van der Waals surface area contributed by atoms with Crippen LogP contribution in [0.15, 0.2) is 72.4 Å². The Hall–Kier alpha value is -3.65. The number of ether oxygens (including phenoxy) is 4. The van der Waals surface area contributed by atoms with Gasteiger partial charge in [0.15, 0.2) is 5.76 Å². The van der Waals surface area contributed by atoms with E-state index in [2.05, 4.69) is 20.9 Å². The van der Waals surface area contributed by atoms with Crippen molar-refractivity contribution in [2.75, 3.05) is 33.4 Å². The summed E-state index contributed by atoms with van der Waals surface area (Å²) in [5.74, 6) is 3.72. The topological polar surface area (TPSA) is 83.0 Å². The number of hydrogen-bond acceptors (Lipinski definition) is 8. The molecule has 2 fully saturated rings. The van der Waals surface area contributed by atoms with E-state index in [-0.39, 0.29) is 11.5 Å². The monoisotopic (exact) mass is 473 g/mol. The van der Waals surface area contributed by atoms with Crippen LogP contribution < -0.4 is 9.47 Å². The van der Waals surface area contributed by atoms with Crippen molar-refractivity contribution < 1.29 is 23.7 Å². The van der Waals surface area contributed by atoms with Crippen LogP contribution in [0.3, 0.4) is 0 Å². The molecule has 2 atom stereocenters. The second-order valence-electron chi connectivity index (χ2n) is 9.34. The molecule has 2 aromatic rings. The van der Waals surface area contributed by atoms with Gasteiger partial charge in [-0.05, 0) is 48.4 Å². The number of aromatic nitrogens is 2. The van der Waals surface area contributed by atoms with Crippen molar-refractivity contribution in [3.8, 4) is 11.6 Å². The Bertz CT molecular complexity index is 1270. The Balaban J connectivity index is 1.000. The second kappa shape index (κ2) is 9.19. The van der Waals surface area contributed by atoms with Crippen molar-refractivity contribution in [1.29, 1.82) is 0 Å². The number of rotatable bonds is 8. The van der Waals surface area contributed by atoms with E-state index in [1.165, 1.54) is 12.6 Å². The molecule has 2 aliphatic heterocycles. The molecule has 0 spiro atoms. The number of fused-ring (bicyclic) bond motifs is 2. The lowest BCUT2D eigenvalue weighted by molar-refractivity contribution is -0.119. The summed E-state index contributed by atoms with van der Waals surface area (Å²) in [4.78, 5) is 23.7. The molecule has 2 unspecified atom stereocenters. The summed E-state index contributed by atoms with van der Waals surface area (Å²) in [6.45, 7) is 2.71. The number of Topliss-reactive ketones (excluding diaryl/α,β-unsaturated/α-hetero) is 1. The highest BCUT2D eigenvalue weighted by Gasteiger charge is 2.56. The third kappa shape index (κ3) is 4.41. The molecular formula is C27H27N3O5. The van der Waals surface area contributed by atoms with Gasteiger partial charge in [-0.1, -0.05) is 18.2 Å². The molecule has 180 valence electrons. The minimum absolute atomic E-state index is 0.0574. The predicted octanol–water partition coefficient (Wildman–Crippen LogP) is 3.77. The zero-order chi connectivity index (χ0) is 23.8. The summed E-state index contributed by atoms with van der Waals surface area (Å²) in [6, 6.07) is 5.68. The lowest BCUT2D eigenvalue weighted by Crippen LogP contribution is -2.32. The lowest BCUT2D eigenvalue weighted by Gasteiger charge is -2.22. The number of hydrogen-bond donors (Lipinski definition) is 0. The van der Waals surface area contributed by atoms with Gasteiger partial charge >= 0.3 is 0 Å². The summed E-state index contributed by atoms with van der Waals surface area (Å²) in [5.41, 5.74) is 1.88. The number of allylic oxidation sites excluding steroid dienone is 4. The largest absolute Gasteiger partial charge is 0.497 e. The van der Waals surface area contributed by atoms with Crippen LogP contribution in [-0.4, -0.2) is 54.0 Å². The van der Waals surface area contributed by atoms with Gasteiger partial charge in [-0.25, -0.2) is 9.97 Å². The molecule has 0 amide bonds. The number of likely N-dealkylation sites (tertiary alicyclic amines) is 1. The zero-order valence-corrected chi connectivity index (χ0v) is 19.6. The highest BCUT2D eigenvalue weighted by Crippen LogP contribution is 2.51. The van der Waals surface area contributed by atoms with Crippen molar-refractivity contribution >= 4 is 16.7 Å². The van der Waals surface area contributed by atoms with Gasteiger partial charge in [0, 0.05) is 19.0 Å². The van der Waals surface area contributed by atoms with Crippen LogP contribution in [0.2, 0.25) is 0 Å². The molecule has 0 radical (unpaired) electrons. The SMILES string of the molecule is COc1ccc2ncnc(OCC3C4CN(CC(=O)C5=COC=C(C6=CC=CCC6)O5)CC34)c2c1. The minimum Gasteiger partial charge on any atom is -0.497 e. The Morgan fingerprint density at radius 1 is 1.20 bits per heavy atom. The Kier molecular flexibility index (Phi) is 5.74. The fourth-order valence-electron chi connectivity index (χ4n) is 5.22. The van der Waals surface area contributed by atoms with Gasteiger partial charge in [0.2, 0.25) is 17.4 Å². The Morgan fingerprint density at radius 3 is 2.89 bits per heavy atom. The van der Waals surface area contributed by atoms with E-state index >= 15 is 0 Å². The van der Waals surface area contributed by atoms with E-state index in [4.69, 9.17) is 18.9 Å². The van der Waals surface area contributed by atoms with E-state index in [0.717, 1.165) is 48.2 Å². The molecule has 1 aromatic heterocycles. The molecule has 6 rings (SSSR count). The first-order valence-corrected chi connectivity index (χ1v) is 12.0. The maximum Gasteiger partial charge on any atom is 0.224 e. The van der Waals surface area contributed by atoms with Crippen molar-refractivity contribution in [1.82, 2.24) is 14.9 Å². The first kappa shape index (κ1) is 21.9. The summed E-state index contributed by atoms with van der Waals surface area (Å²) in [5, 5.41) is 0.848. The van der Waals surface area contributed by atoms with E-state index in [9.17, 15) is 4.79 Å². The highest BCUT2D eigenvalue weighted by molar-refractivity contribution is 5.95. The predicted molar refractivity (Wildman–Crippen MR) is 128 cm³/mol. The van der Waals surface area contributed by atoms with Crippen LogP contribution >= 0.6 is 0 Å². The number of piperidine rings is 1. The third-order valence-electron chi connectivity index (χ3n) is 7.21. The molecule has 0 N–H and O–H groups in total. The summed E-state index contributed by atoms with van der Waals surface area (Å²) < 4.78 is 22.7. The van der Waals surface area contributed by atoms with Gasteiger partial charge in [-0.3, -0.25) is 9.69 Å². The summed E-state index contributed by atoms with van der Waals surface area (Å²) in [7, 11) is 1.64. The van der Waals surface area contributed by atoms with Crippen LogP contribution in [0.25, 0.3) is 10.9 Å². The molecule has 8 nitrogen and oxygen atoms in total. The van der Waals surface area contributed by atoms with Gasteiger partial charge in [0.1, 0.15) is 24.6 Å². The number of ketones is 1. The zero-order valence-electron chi connectivity index (χ0n) is 19.6. The molecule has 1 aromatic carbocycles. The molecule has 0 bridgehead atoms. The molecule has 4 aliphatic rings. The number of methoxy groups -OCH3 is 1. The molecule has 1 saturated carbocycles. The number of carbonyl (C=O) groups excluding carboxylic acids is 1. The van der Waals surface area contributed by atoms with Crippen molar-refractivity contribution in [3.63, 3.8) is 0 Å². The number of nitrogens with zero attached hydrogens (tertiary/aromatic N) is 3. The molecule has 1 saturated heterocycles. The van der Waals surface area contributed by atoms with Crippen LogP contribution in [-0.2, 0) is 14.3 Å². The molecular weight excluding hydrogens is 446 g/mol. The van der Waals surface area contributed by atoms with E-state index < -0.39 is 0 Å². The Labute approximate surface area is 203 Å². The highest BCUT2D eigenvalue weighted by atomic mass is 16.5. The summed E-state index contributed by atoms with van der Waals surface area (Å²) >= 11 is 0. The standard InChI is InChI=1S/C27H27N3O5/c1-32-18-7-8-23-19(9-18)27(29-16-28-23)34-13-22-20-10-30(11-21(20)22)12-24(31)26-15-33-14-25(35-26)17-5-3-2-4-6-17/h2-3,5,7-9,14-16,20-22H,4,6,10-13H2,1H3. The van der Waals surface area contributed by atoms with E-state index in [1.807, 2.05) is 30.4 Å². The van der Waals surface area contributed by atoms with Gasteiger partial charge in [-0.2, -0.15) is 0 Å². The second-order valence-corrected chi connectivity index (χ2v) is 9.34. The van der Waals surface area contributed by atoms with Crippen LogP contribution in [0.4, 0.5) is 0 Å². The van der Waals surface area contributed by atoms with Crippen molar-refractivity contribution in [3.05, 3.63) is 72.4 Å². The molecule has 3 heterocycles. The third-order valence-corrected chi connectivity index (χ3v) is 7.21. The number of carbonyl (C=O) groups is 1. The van der Waals surface area contributed by atoms with E-state index in [0.29, 0.717) is 42.5 Å². The minimum atomic E-state index is -0.0574. The van der Waals surface area contributed by atoms with Gasteiger partial charge in [-0.15, -0.1) is 0 Å². The quantitative estimate of drug-likeness (QED) is 0.573. The molecule has 2 aliphatic carbocycles. The maximum atomic E-state index is 12.8. The fraction of sp³-hybridized carbons (Fsp3) is 0.370. The first-order valence-electron chi connectivity index (χ1n) is 12.0. The van der Waals surface area contributed by atoms with E-state index in [1.54, 1.807) is 13.4 Å². The van der Waals surface area contributed by atoms with Gasteiger partial charge < -0.3 is 18.9 Å². The smallest absolute Gasteiger partial charge is 0.224 e. The van der Waals surface area contributed by atoms with Gasteiger partial charge in [0.05, 0.1) is 31.2 Å². The van der Waals surface area contributed by atoms with Crippen LogP contribution in [0, 0.1) is 17.8 Å². The van der Waals surface area contributed by atoms with Crippen LogP contribution in [0.5, 0.6) is 11.6 Å². The molecule has 8 heteroatoms. The van der Waals surface area contributed by atoms with Crippen molar-refractivity contribution in [2.45, 2.75) is 12.8 Å². The average molecular weight is 474 g/mol. The first-order chi connectivity index (χ1) is 17.2. The van der Waals surface area contributed by atoms with Gasteiger partial charge in [0.25, 0.3) is 0 Å². The normalized spacial score (nSPS) is 25.1. The fourth-order valence-corrected chi connectivity index (χ4v) is 5.22. The summed E-state index contributed by atoms with van der Waals surface area (Å²) in [6.07, 6.45) is 12.5. The van der Waals surface area contributed by atoms with Crippen molar-refractivity contribution in [2.24, 2.45) is 17.8 Å². The lowest BCUT2D eigenvalue weighted by atomic mass is 10.0.